The van der Waals surface area contributed by atoms with E-state index in [0.29, 0.717) is 64.7 Å². The van der Waals surface area contributed by atoms with Crippen molar-refractivity contribution in [1.29, 1.82) is 0 Å². The summed E-state index contributed by atoms with van der Waals surface area (Å²) in [7, 11) is 3.29. The number of benzene rings is 2. The average Bonchev–Trinajstić information content (AvgIpc) is 3.65. The van der Waals surface area contributed by atoms with Crippen molar-refractivity contribution in [3.63, 3.8) is 0 Å². The van der Waals surface area contributed by atoms with Crippen LogP contribution < -0.4 is 14.5 Å². The first kappa shape index (κ1) is 37.6. The standard InChI is InChI=1S/C42H41F3N12O4/c1-21-48-32-12-24(44)10-28-31-8-9-46-42(49-31)61-26-14-34(39(58)52(2)18-27(60-3)20-54(21)36(28)32)55(19-26)37-29-15-47-57(33-7-6-23(43)11-30(33)45)38(29)51-41(50-37)56-25-13-35(56)40(59)53(17-25)16-22-4-5-22/h6-12,15,22,25-27,34-35H,4-5,13-14,16-20H2,1-3H3/t25-,26+,27+,34+,35+/m1/s1. The monoisotopic (exact) mass is 834 g/mol. The summed E-state index contributed by atoms with van der Waals surface area (Å²) in [6, 6.07) is 6.36. The Labute approximate surface area is 346 Å². The fraction of sp³-hybridized carbons (Fsp3) is 0.429. The normalized spacial score (nSPS) is 24.0. The van der Waals surface area contributed by atoms with Gasteiger partial charge in [0.25, 0.3) is 0 Å². The summed E-state index contributed by atoms with van der Waals surface area (Å²) in [6.07, 6.45) is 5.00. The van der Waals surface area contributed by atoms with Crippen LogP contribution in [0.25, 0.3) is 39.0 Å². The number of hydrogen-bond donors (Lipinski definition) is 0. The molecule has 0 unspecified atom stereocenters. The lowest BCUT2D eigenvalue weighted by molar-refractivity contribution is -0.140. The number of halogens is 3. The molecule has 2 aromatic carbocycles. The Morgan fingerprint density at radius 2 is 1.75 bits per heavy atom. The summed E-state index contributed by atoms with van der Waals surface area (Å²) in [5, 5.41) is 4.93. The van der Waals surface area contributed by atoms with Crippen LogP contribution in [0.5, 0.6) is 6.01 Å². The van der Waals surface area contributed by atoms with E-state index in [1.165, 1.54) is 29.1 Å². The van der Waals surface area contributed by atoms with Crippen LogP contribution in [0.1, 0.15) is 31.5 Å². The molecule has 5 atom stereocenters. The fourth-order valence-electron chi connectivity index (χ4n) is 9.54. The lowest BCUT2D eigenvalue weighted by atomic mass is 9.87. The summed E-state index contributed by atoms with van der Waals surface area (Å²) >= 11 is 0. The van der Waals surface area contributed by atoms with Crippen LogP contribution in [0, 0.1) is 30.3 Å². The molecule has 6 bridgehead atoms. The first-order chi connectivity index (χ1) is 29.5. The van der Waals surface area contributed by atoms with E-state index in [1.54, 1.807) is 31.3 Å². The van der Waals surface area contributed by atoms with Gasteiger partial charge in [0.15, 0.2) is 11.5 Å². The number of likely N-dealkylation sites (N-methyl/N-ethyl adjacent to an activating group) is 1. The molecule has 12 rings (SSSR count). The molecule has 314 valence electrons. The van der Waals surface area contributed by atoms with Gasteiger partial charge in [0.2, 0.25) is 17.8 Å². The lowest BCUT2D eigenvalue weighted by Crippen LogP contribution is -2.72. The molecule has 19 heteroatoms. The number of fused-ring (bicyclic) bond motifs is 8. The minimum absolute atomic E-state index is 0.0158. The van der Waals surface area contributed by atoms with Crippen molar-refractivity contribution < 1.29 is 32.2 Å². The van der Waals surface area contributed by atoms with Crippen LogP contribution in [0.15, 0.2) is 48.8 Å². The van der Waals surface area contributed by atoms with Crippen molar-refractivity contribution in [3.8, 4) is 23.0 Å². The smallest absolute Gasteiger partial charge is 0.317 e. The van der Waals surface area contributed by atoms with Crippen LogP contribution in [0.3, 0.4) is 0 Å². The highest BCUT2D eigenvalue weighted by molar-refractivity contribution is 5.95. The molecule has 0 spiro atoms. The molecule has 9 heterocycles. The van der Waals surface area contributed by atoms with E-state index in [-0.39, 0.29) is 60.7 Å². The average molecular weight is 835 g/mol. The van der Waals surface area contributed by atoms with Crippen molar-refractivity contribution in [2.45, 2.75) is 69.5 Å². The van der Waals surface area contributed by atoms with Crippen molar-refractivity contribution >= 4 is 45.6 Å². The van der Waals surface area contributed by atoms with E-state index in [4.69, 9.17) is 24.4 Å². The van der Waals surface area contributed by atoms with Crippen molar-refractivity contribution in [2.75, 3.05) is 50.1 Å². The number of ether oxygens (including phenoxy) is 2. The number of anilines is 2. The Bertz CT molecular complexity index is 2780. The number of piperazine rings is 1. The van der Waals surface area contributed by atoms with Gasteiger partial charge >= 0.3 is 6.01 Å². The van der Waals surface area contributed by atoms with Gasteiger partial charge in [-0.2, -0.15) is 20.1 Å². The van der Waals surface area contributed by atoms with Crippen molar-refractivity contribution in [3.05, 3.63) is 72.1 Å². The minimum Gasteiger partial charge on any atom is -0.458 e. The second kappa shape index (κ2) is 14.1. The van der Waals surface area contributed by atoms with Gasteiger partial charge in [-0.1, -0.05) is 0 Å². The molecule has 2 amide bonds. The van der Waals surface area contributed by atoms with Gasteiger partial charge in [-0.3, -0.25) is 9.59 Å². The number of carbonyl (C=O) groups is 2. The second-order valence-corrected chi connectivity index (χ2v) is 16.8. The minimum atomic E-state index is -0.845. The molecule has 16 nitrogen and oxygen atoms in total. The molecule has 4 aromatic heterocycles. The zero-order valence-electron chi connectivity index (χ0n) is 33.6. The molecule has 4 saturated heterocycles. The zero-order chi connectivity index (χ0) is 41.8. The van der Waals surface area contributed by atoms with E-state index in [2.05, 4.69) is 15.1 Å². The lowest BCUT2D eigenvalue weighted by Gasteiger charge is -2.55. The second-order valence-electron chi connectivity index (χ2n) is 16.8. The molecular weight excluding hydrogens is 794 g/mol. The Hall–Kier alpha value is -6.37. The van der Waals surface area contributed by atoms with Crippen LogP contribution in [-0.2, 0) is 20.9 Å². The summed E-state index contributed by atoms with van der Waals surface area (Å²) < 4.78 is 60.4. The maximum Gasteiger partial charge on any atom is 0.317 e. The number of methoxy groups -OCH3 is 1. The Kier molecular flexibility index (Phi) is 8.70. The first-order valence-corrected chi connectivity index (χ1v) is 20.5. The van der Waals surface area contributed by atoms with Crippen LogP contribution in [-0.4, -0.2) is 132 Å². The van der Waals surface area contributed by atoms with Gasteiger partial charge in [0.05, 0.1) is 53.5 Å². The quantitative estimate of drug-likeness (QED) is 0.238. The number of aromatic nitrogens is 8. The van der Waals surface area contributed by atoms with Crippen molar-refractivity contribution in [1.82, 2.24) is 49.1 Å². The number of aryl methyl sites for hydroxylation is 1. The molecule has 1 aliphatic carbocycles. The summed E-state index contributed by atoms with van der Waals surface area (Å²) in [5.74, 6) is -0.559. The number of imidazole rings is 1. The van der Waals surface area contributed by atoms with Gasteiger partial charge in [-0.15, -0.1) is 0 Å². The van der Waals surface area contributed by atoms with Crippen molar-refractivity contribution in [2.24, 2.45) is 5.92 Å². The number of piperidine rings is 1. The third-order valence-electron chi connectivity index (χ3n) is 12.8. The largest absolute Gasteiger partial charge is 0.458 e. The highest BCUT2D eigenvalue weighted by Gasteiger charge is 2.53. The number of rotatable bonds is 6. The highest BCUT2D eigenvalue weighted by Crippen LogP contribution is 2.42. The third-order valence-corrected chi connectivity index (χ3v) is 12.8. The van der Waals surface area contributed by atoms with Gasteiger partial charge in [0.1, 0.15) is 47.2 Å². The molecule has 5 fully saturated rings. The number of amides is 2. The molecule has 6 aromatic rings. The van der Waals surface area contributed by atoms with E-state index in [0.717, 1.165) is 31.5 Å². The van der Waals surface area contributed by atoms with E-state index in [1.807, 2.05) is 26.2 Å². The van der Waals surface area contributed by atoms with Crippen LogP contribution in [0.4, 0.5) is 24.9 Å². The maximum absolute atomic E-state index is 15.4. The molecule has 5 aliphatic heterocycles. The summed E-state index contributed by atoms with van der Waals surface area (Å²) in [4.78, 5) is 59.8. The number of nitrogens with zero attached hydrogens (tertiary/aromatic N) is 12. The van der Waals surface area contributed by atoms with Gasteiger partial charge in [-0.25, -0.2) is 27.8 Å². The molecule has 1 saturated carbocycles. The van der Waals surface area contributed by atoms with Crippen LogP contribution in [0.2, 0.25) is 0 Å². The topological polar surface area (TPSA) is 153 Å². The summed E-state index contributed by atoms with van der Waals surface area (Å²) in [6.45, 7) is 3.73. The molecular formula is C42H41F3N12O4. The van der Waals surface area contributed by atoms with Gasteiger partial charge < -0.3 is 33.6 Å². The highest BCUT2D eigenvalue weighted by atomic mass is 19.1. The van der Waals surface area contributed by atoms with Gasteiger partial charge in [0, 0.05) is 64.1 Å². The molecule has 0 N–H and O–H groups in total. The maximum atomic E-state index is 15.4. The Balaban J connectivity index is 1.03. The molecule has 61 heavy (non-hydrogen) atoms. The number of carbonyl (C=O) groups excluding carboxylic acids is 2. The predicted octanol–water partition coefficient (Wildman–Crippen LogP) is 4.06. The van der Waals surface area contributed by atoms with E-state index < -0.39 is 41.7 Å². The van der Waals surface area contributed by atoms with E-state index in [9.17, 15) is 14.0 Å². The molecule has 0 radical (unpaired) electrons. The zero-order valence-corrected chi connectivity index (χ0v) is 33.6. The third kappa shape index (κ3) is 6.30. The Morgan fingerprint density at radius 1 is 0.902 bits per heavy atom. The van der Waals surface area contributed by atoms with Gasteiger partial charge in [-0.05, 0) is 56.4 Å². The predicted molar refractivity (Wildman–Crippen MR) is 215 cm³/mol. The van der Waals surface area contributed by atoms with E-state index >= 15 is 8.78 Å². The number of hydrogen-bond acceptors (Lipinski definition) is 12. The molecule has 6 aliphatic rings. The first-order valence-electron chi connectivity index (χ1n) is 20.5. The Morgan fingerprint density at radius 3 is 2.54 bits per heavy atom. The fourth-order valence-corrected chi connectivity index (χ4v) is 9.54. The van der Waals surface area contributed by atoms with Crippen LogP contribution >= 0.6 is 0 Å². The SMILES string of the molecule is CO[C@H]1CN(C)C(=O)[C@@H]2C[C@@H](CN2c2nc(N3[C@@H]4C[C@H]3C(=O)N(CC3CC3)C4)nc3c2cnn3-c2ccc(F)cc2F)Oc2nccc(n2)-c2cc(F)cc3nc(C)n(c23)C1. The summed E-state index contributed by atoms with van der Waals surface area (Å²) in [5.41, 5.74) is 2.22.